The van der Waals surface area contributed by atoms with Crippen molar-refractivity contribution in [2.75, 3.05) is 11.9 Å². The molecular formula is C8H11NO. The molecule has 0 saturated carbocycles. The lowest BCUT2D eigenvalue weighted by Gasteiger charge is -2.18. The van der Waals surface area contributed by atoms with Gasteiger partial charge in [0.1, 0.15) is 6.26 Å². The van der Waals surface area contributed by atoms with Gasteiger partial charge in [0.15, 0.2) is 0 Å². The number of rotatable bonds is 0. The van der Waals surface area contributed by atoms with Crippen LogP contribution in [0.5, 0.6) is 0 Å². The molecule has 0 aromatic carbocycles. The summed E-state index contributed by atoms with van der Waals surface area (Å²) in [6, 6.07) is 0. The average molecular weight is 137 g/mol. The molecule has 1 aliphatic rings. The Bertz CT molecular complexity index is 229. The normalized spacial score (nSPS) is 23.5. The fourth-order valence-corrected chi connectivity index (χ4v) is 1.41. The van der Waals surface area contributed by atoms with E-state index in [1.54, 1.807) is 6.26 Å². The van der Waals surface area contributed by atoms with Gasteiger partial charge in [0.25, 0.3) is 0 Å². The molecule has 1 aliphatic heterocycles. The van der Waals surface area contributed by atoms with Crippen molar-refractivity contribution in [1.82, 2.24) is 0 Å². The molecule has 0 amide bonds. The minimum atomic E-state index is 0.662. The van der Waals surface area contributed by atoms with E-state index in [0.717, 1.165) is 6.54 Å². The zero-order valence-corrected chi connectivity index (χ0v) is 6.05. The Hall–Kier alpha value is -0.920. The fourth-order valence-electron chi connectivity index (χ4n) is 1.41. The third-order valence-corrected chi connectivity index (χ3v) is 2.12. The Morgan fingerprint density at radius 2 is 2.50 bits per heavy atom. The highest BCUT2D eigenvalue weighted by Crippen LogP contribution is 2.31. The van der Waals surface area contributed by atoms with E-state index >= 15 is 0 Å². The Labute approximate surface area is 60.2 Å². The molecule has 2 heterocycles. The maximum atomic E-state index is 5.08. The van der Waals surface area contributed by atoms with Crippen LogP contribution in [0.25, 0.3) is 0 Å². The topological polar surface area (TPSA) is 25.2 Å². The maximum Gasteiger partial charge on any atom is 0.114 e. The summed E-state index contributed by atoms with van der Waals surface area (Å²) in [5.74, 6) is 0.662. The molecule has 0 fully saturated rings. The third-order valence-electron chi connectivity index (χ3n) is 2.12. The first kappa shape index (κ1) is 5.83. The van der Waals surface area contributed by atoms with Gasteiger partial charge in [-0.05, 0) is 12.3 Å². The number of anilines is 1. The zero-order valence-electron chi connectivity index (χ0n) is 6.05. The molecule has 0 bridgehead atoms. The molecule has 0 radical (unpaired) electrons. The van der Waals surface area contributed by atoms with Gasteiger partial charge in [0.2, 0.25) is 0 Å². The molecule has 1 unspecified atom stereocenters. The lowest BCUT2D eigenvalue weighted by atomic mass is 9.96. The molecule has 1 N–H and O–H groups in total. The summed E-state index contributed by atoms with van der Waals surface area (Å²) in [5, 5.41) is 3.28. The number of fused-ring (bicyclic) bond motifs is 1. The van der Waals surface area contributed by atoms with Crippen molar-refractivity contribution in [2.45, 2.75) is 19.3 Å². The number of hydrogen-bond donors (Lipinski definition) is 1. The highest BCUT2D eigenvalue weighted by Gasteiger charge is 2.16. The molecule has 1 atom stereocenters. The van der Waals surface area contributed by atoms with Crippen LogP contribution >= 0.6 is 0 Å². The molecule has 2 heteroatoms. The molecular weight excluding hydrogens is 126 g/mol. The standard InChI is InChI=1S/C8H11NO/c1-6-2-3-9-8-5-10-4-7(6)8/h4-6,9H,2-3H2,1H3. The summed E-state index contributed by atoms with van der Waals surface area (Å²) in [4.78, 5) is 0. The minimum absolute atomic E-state index is 0.662. The Kier molecular flexibility index (Phi) is 1.19. The van der Waals surface area contributed by atoms with Gasteiger partial charge < -0.3 is 9.73 Å². The van der Waals surface area contributed by atoms with E-state index in [4.69, 9.17) is 4.42 Å². The van der Waals surface area contributed by atoms with Crippen LogP contribution in [0.1, 0.15) is 24.8 Å². The van der Waals surface area contributed by atoms with Gasteiger partial charge in [0.05, 0.1) is 12.0 Å². The quantitative estimate of drug-likeness (QED) is 0.593. The maximum absolute atomic E-state index is 5.08. The van der Waals surface area contributed by atoms with Crippen molar-refractivity contribution in [2.24, 2.45) is 0 Å². The van der Waals surface area contributed by atoms with Gasteiger partial charge in [-0.15, -0.1) is 0 Å². The number of hydrogen-bond acceptors (Lipinski definition) is 2. The fraction of sp³-hybridized carbons (Fsp3) is 0.500. The minimum Gasteiger partial charge on any atom is -0.470 e. The van der Waals surface area contributed by atoms with E-state index in [2.05, 4.69) is 12.2 Å². The first-order valence-corrected chi connectivity index (χ1v) is 3.68. The molecule has 10 heavy (non-hydrogen) atoms. The molecule has 1 aromatic rings. The van der Waals surface area contributed by atoms with Gasteiger partial charge in [-0.25, -0.2) is 0 Å². The summed E-state index contributed by atoms with van der Waals surface area (Å²) >= 11 is 0. The molecule has 0 saturated heterocycles. The van der Waals surface area contributed by atoms with Crippen molar-refractivity contribution in [3.8, 4) is 0 Å². The van der Waals surface area contributed by atoms with E-state index in [9.17, 15) is 0 Å². The van der Waals surface area contributed by atoms with E-state index in [1.165, 1.54) is 17.7 Å². The summed E-state index contributed by atoms with van der Waals surface area (Å²) < 4.78 is 5.08. The second-order valence-corrected chi connectivity index (χ2v) is 2.86. The predicted octanol–water partition coefficient (Wildman–Crippen LogP) is 2.20. The third kappa shape index (κ3) is 0.719. The van der Waals surface area contributed by atoms with Crippen molar-refractivity contribution >= 4 is 5.69 Å². The van der Waals surface area contributed by atoms with E-state index in [1.807, 2.05) is 6.26 Å². The molecule has 1 aromatic heterocycles. The number of furan rings is 1. The van der Waals surface area contributed by atoms with Crippen LogP contribution in [-0.4, -0.2) is 6.54 Å². The van der Waals surface area contributed by atoms with E-state index in [-0.39, 0.29) is 0 Å². The van der Waals surface area contributed by atoms with Crippen LogP contribution in [0.2, 0.25) is 0 Å². The van der Waals surface area contributed by atoms with E-state index < -0.39 is 0 Å². The van der Waals surface area contributed by atoms with Crippen molar-refractivity contribution in [1.29, 1.82) is 0 Å². The molecule has 0 spiro atoms. The van der Waals surface area contributed by atoms with Gasteiger partial charge in [-0.1, -0.05) is 6.92 Å². The van der Waals surface area contributed by atoms with Gasteiger partial charge >= 0.3 is 0 Å². The highest BCUT2D eigenvalue weighted by atomic mass is 16.3. The Morgan fingerprint density at radius 1 is 1.60 bits per heavy atom. The summed E-state index contributed by atoms with van der Waals surface area (Å²) in [5.41, 5.74) is 2.50. The van der Waals surface area contributed by atoms with Gasteiger partial charge in [0, 0.05) is 12.1 Å². The lowest BCUT2D eigenvalue weighted by Crippen LogP contribution is -2.12. The molecule has 2 nitrogen and oxygen atoms in total. The second-order valence-electron chi connectivity index (χ2n) is 2.86. The van der Waals surface area contributed by atoms with Gasteiger partial charge in [-0.2, -0.15) is 0 Å². The lowest BCUT2D eigenvalue weighted by molar-refractivity contribution is 0.560. The first-order chi connectivity index (χ1) is 4.88. The van der Waals surface area contributed by atoms with Crippen LogP contribution in [0, 0.1) is 0 Å². The Morgan fingerprint density at radius 3 is 3.30 bits per heavy atom. The van der Waals surface area contributed by atoms with Crippen LogP contribution in [0.3, 0.4) is 0 Å². The highest BCUT2D eigenvalue weighted by molar-refractivity contribution is 5.51. The van der Waals surface area contributed by atoms with Crippen LogP contribution in [0.4, 0.5) is 5.69 Å². The van der Waals surface area contributed by atoms with Crippen molar-refractivity contribution in [3.63, 3.8) is 0 Å². The second kappa shape index (κ2) is 2.04. The molecule has 54 valence electrons. The van der Waals surface area contributed by atoms with Crippen molar-refractivity contribution < 1.29 is 4.42 Å². The first-order valence-electron chi connectivity index (χ1n) is 3.68. The predicted molar refractivity (Wildman–Crippen MR) is 40.2 cm³/mol. The van der Waals surface area contributed by atoms with Crippen LogP contribution in [0.15, 0.2) is 16.9 Å². The Balaban J connectivity index is 2.41. The monoisotopic (exact) mass is 137 g/mol. The summed E-state index contributed by atoms with van der Waals surface area (Å²) in [6.45, 7) is 3.31. The smallest absolute Gasteiger partial charge is 0.114 e. The number of nitrogens with one attached hydrogen (secondary N) is 1. The largest absolute Gasteiger partial charge is 0.470 e. The van der Waals surface area contributed by atoms with Crippen molar-refractivity contribution in [3.05, 3.63) is 18.1 Å². The summed E-state index contributed by atoms with van der Waals surface area (Å²) in [6.07, 6.45) is 4.84. The van der Waals surface area contributed by atoms with E-state index in [0.29, 0.717) is 5.92 Å². The van der Waals surface area contributed by atoms with Gasteiger partial charge in [-0.3, -0.25) is 0 Å². The van der Waals surface area contributed by atoms with Crippen LogP contribution in [-0.2, 0) is 0 Å². The molecule has 0 aliphatic carbocycles. The van der Waals surface area contributed by atoms with Crippen LogP contribution < -0.4 is 5.32 Å². The SMILES string of the molecule is CC1CCNc2cocc21. The molecule has 2 rings (SSSR count). The average Bonchev–Trinajstić information content (AvgIpc) is 2.36. The summed E-state index contributed by atoms with van der Waals surface area (Å²) in [7, 11) is 0. The zero-order chi connectivity index (χ0) is 6.97.